The Morgan fingerprint density at radius 3 is 2.22 bits per heavy atom. The fraction of sp³-hybridized carbons (Fsp3) is 0.278. The Morgan fingerprint density at radius 1 is 0.732 bits per heavy atom. The van der Waals surface area contributed by atoms with Crippen molar-refractivity contribution in [3.8, 4) is 22.8 Å². The summed E-state index contributed by atoms with van der Waals surface area (Å²) in [5, 5.41) is 1.13. The molecule has 1 aromatic heterocycles. The first-order valence-electron chi connectivity index (χ1n) is 14.6. The Hall–Kier alpha value is -4.09. The van der Waals surface area contributed by atoms with Crippen molar-refractivity contribution in [1.82, 2.24) is 9.47 Å². The number of hydrogen-bond donors (Lipinski definition) is 0. The largest absolute Gasteiger partial charge is 0.492 e. The molecule has 5 aromatic rings. The SMILES string of the molecule is Cc1c(-c2ccc(F)cc2)n(Cc2ccc(OCCN3CCCCC3)cc2)c2ccc(OCc3ccccc3)cc12. The summed E-state index contributed by atoms with van der Waals surface area (Å²) in [4.78, 5) is 2.49. The quantitative estimate of drug-likeness (QED) is 0.176. The van der Waals surface area contributed by atoms with E-state index < -0.39 is 0 Å². The second-order valence-electron chi connectivity index (χ2n) is 10.9. The van der Waals surface area contributed by atoms with Gasteiger partial charge in [-0.1, -0.05) is 48.9 Å². The Labute approximate surface area is 241 Å². The van der Waals surface area contributed by atoms with Gasteiger partial charge in [0.1, 0.15) is 30.5 Å². The Balaban J connectivity index is 1.24. The lowest BCUT2D eigenvalue weighted by atomic mass is 10.1. The van der Waals surface area contributed by atoms with Crippen LogP contribution in [0.3, 0.4) is 0 Å². The van der Waals surface area contributed by atoms with Crippen LogP contribution >= 0.6 is 0 Å². The van der Waals surface area contributed by atoms with Crippen molar-refractivity contribution in [3.63, 3.8) is 0 Å². The highest BCUT2D eigenvalue weighted by Gasteiger charge is 2.17. The van der Waals surface area contributed by atoms with Crippen LogP contribution in [0.25, 0.3) is 22.2 Å². The number of likely N-dealkylation sites (tertiary alicyclic amines) is 1. The first-order valence-corrected chi connectivity index (χ1v) is 14.6. The molecule has 1 aliphatic rings. The molecule has 0 amide bonds. The van der Waals surface area contributed by atoms with E-state index in [4.69, 9.17) is 9.47 Å². The van der Waals surface area contributed by atoms with Crippen LogP contribution in [0.15, 0.2) is 97.1 Å². The molecule has 1 fully saturated rings. The molecule has 6 rings (SSSR count). The zero-order chi connectivity index (χ0) is 28.0. The second-order valence-corrected chi connectivity index (χ2v) is 10.9. The highest BCUT2D eigenvalue weighted by atomic mass is 19.1. The predicted molar refractivity (Wildman–Crippen MR) is 164 cm³/mol. The van der Waals surface area contributed by atoms with Gasteiger partial charge in [0.15, 0.2) is 0 Å². The zero-order valence-corrected chi connectivity index (χ0v) is 23.7. The van der Waals surface area contributed by atoms with Crippen LogP contribution in [0.2, 0.25) is 0 Å². The lowest BCUT2D eigenvalue weighted by Gasteiger charge is -2.26. The molecule has 1 saturated heterocycles. The first kappa shape index (κ1) is 27.1. The van der Waals surface area contributed by atoms with E-state index in [0.717, 1.165) is 51.3 Å². The van der Waals surface area contributed by atoms with Gasteiger partial charge in [-0.3, -0.25) is 4.90 Å². The van der Waals surface area contributed by atoms with Gasteiger partial charge in [-0.25, -0.2) is 4.39 Å². The summed E-state index contributed by atoms with van der Waals surface area (Å²) in [6.45, 7) is 7.41. The van der Waals surface area contributed by atoms with Crippen molar-refractivity contribution in [2.24, 2.45) is 0 Å². The molecule has 2 heterocycles. The van der Waals surface area contributed by atoms with Gasteiger partial charge in [-0.15, -0.1) is 0 Å². The van der Waals surface area contributed by atoms with E-state index in [0.29, 0.717) is 19.8 Å². The molecule has 5 heteroatoms. The van der Waals surface area contributed by atoms with E-state index in [-0.39, 0.29) is 5.82 Å². The minimum Gasteiger partial charge on any atom is -0.492 e. The number of halogens is 1. The second kappa shape index (κ2) is 12.6. The van der Waals surface area contributed by atoms with Crippen molar-refractivity contribution in [2.45, 2.75) is 39.3 Å². The van der Waals surface area contributed by atoms with Gasteiger partial charge in [0, 0.05) is 24.0 Å². The third kappa shape index (κ3) is 6.47. The number of aromatic nitrogens is 1. The zero-order valence-electron chi connectivity index (χ0n) is 23.7. The number of fused-ring (bicyclic) bond motifs is 1. The van der Waals surface area contributed by atoms with E-state index in [1.807, 2.05) is 36.4 Å². The van der Waals surface area contributed by atoms with E-state index in [2.05, 4.69) is 64.9 Å². The highest BCUT2D eigenvalue weighted by Crippen LogP contribution is 2.36. The summed E-state index contributed by atoms with van der Waals surface area (Å²) in [7, 11) is 0. The average molecular weight is 549 g/mol. The van der Waals surface area contributed by atoms with E-state index in [1.165, 1.54) is 50.0 Å². The predicted octanol–water partition coefficient (Wildman–Crippen LogP) is 8.25. The van der Waals surface area contributed by atoms with Gasteiger partial charge in [0.05, 0.1) is 5.69 Å². The third-order valence-corrected chi connectivity index (χ3v) is 8.04. The first-order chi connectivity index (χ1) is 20.1. The Bertz CT molecular complexity index is 1570. The summed E-state index contributed by atoms with van der Waals surface area (Å²) in [6, 6.07) is 31.7. The maximum absolute atomic E-state index is 13.8. The van der Waals surface area contributed by atoms with Crippen LogP contribution in [-0.4, -0.2) is 35.7 Å². The molecule has 0 bridgehead atoms. The van der Waals surface area contributed by atoms with E-state index in [9.17, 15) is 4.39 Å². The van der Waals surface area contributed by atoms with Crippen LogP contribution in [0.5, 0.6) is 11.5 Å². The molecule has 0 atom stereocenters. The normalized spacial score (nSPS) is 13.9. The summed E-state index contributed by atoms with van der Waals surface area (Å²) in [5.74, 6) is 1.50. The van der Waals surface area contributed by atoms with Gasteiger partial charge in [-0.2, -0.15) is 0 Å². The molecule has 1 aliphatic heterocycles. The van der Waals surface area contributed by atoms with Crippen molar-refractivity contribution in [3.05, 3.63) is 120 Å². The standard InChI is InChI=1S/C36H37FN2O2/c1-27-34-24-33(41-26-29-8-4-2-5-9-29)18-19-35(34)39(36(27)30-12-14-31(37)15-13-30)25-28-10-16-32(17-11-28)40-23-22-38-20-6-3-7-21-38/h2,4-5,8-19,24H,3,6-7,20-23,25-26H2,1H3. The number of rotatable bonds is 10. The molecule has 4 aromatic carbocycles. The number of piperidine rings is 1. The van der Waals surface area contributed by atoms with Gasteiger partial charge in [0.2, 0.25) is 0 Å². The average Bonchev–Trinajstić information content (AvgIpc) is 3.28. The van der Waals surface area contributed by atoms with Crippen LogP contribution in [0.1, 0.15) is 36.0 Å². The number of aryl methyl sites for hydroxylation is 1. The highest BCUT2D eigenvalue weighted by molar-refractivity contribution is 5.92. The van der Waals surface area contributed by atoms with Crippen molar-refractivity contribution in [2.75, 3.05) is 26.2 Å². The molecule has 0 saturated carbocycles. The number of nitrogens with zero attached hydrogens (tertiary/aromatic N) is 2. The molecule has 0 unspecified atom stereocenters. The molecule has 41 heavy (non-hydrogen) atoms. The Kier molecular flexibility index (Phi) is 8.33. The van der Waals surface area contributed by atoms with Crippen LogP contribution in [0, 0.1) is 12.7 Å². The smallest absolute Gasteiger partial charge is 0.123 e. The van der Waals surface area contributed by atoms with Gasteiger partial charge >= 0.3 is 0 Å². The van der Waals surface area contributed by atoms with Crippen LogP contribution < -0.4 is 9.47 Å². The van der Waals surface area contributed by atoms with Crippen molar-refractivity contribution < 1.29 is 13.9 Å². The van der Waals surface area contributed by atoms with Crippen molar-refractivity contribution >= 4 is 10.9 Å². The summed E-state index contributed by atoms with van der Waals surface area (Å²) in [6.07, 6.45) is 3.94. The van der Waals surface area contributed by atoms with Crippen LogP contribution in [0.4, 0.5) is 4.39 Å². The lowest BCUT2D eigenvalue weighted by Crippen LogP contribution is -2.33. The monoisotopic (exact) mass is 548 g/mol. The molecule has 0 spiro atoms. The van der Waals surface area contributed by atoms with Gasteiger partial charge in [0.25, 0.3) is 0 Å². The summed E-state index contributed by atoms with van der Waals surface area (Å²) < 4.78 is 28.4. The number of benzene rings is 4. The molecule has 0 N–H and O–H groups in total. The fourth-order valence-electron chi connectivity index (χ4n) is 5.83. The van der Waals surface area contributed by atoms with Crippen LogP contribution in [-0.2, 0) is 13.2 Å². The summed E-state index contributed by atoms with van der Waals surface area (Å²) >= 11 is 0. The molecule has 0 aliphatic carbocycles. The molecular formula is C36H37FN2O2. The molecule has 0 radical (unpaired) electrons. The molecular weight excluding hydrogens is 511 g/mol. The van der Waals surface area contributed by atoms with Gasteiger partial charge < -0.3 is 14.0 Å². The van der Waals surface area contributed by atoms with E-state index in [1.54, 1.807) is 0 Å². The van der Waals surface area contributed by atoms with Gasteiger partial charge in [-0.05, 0) is 110 Å². The molecule has 210 valence electrons. The molecule has 4 nitrogen and oxygen atoms in total. The Morgan fingerprint density at radius 2 is 1.46 bits per heavy atom. The lowest BCUT2D eigenvalue weighted by molar-refractivity contribution is 0.183. The topological polar surface area (TPSA) is 26.6 Å². The number of ether oxygens (including phenoxy) is 2. The number of hydrogen-bond acceptors (Lipinski definition) is 3. The van der Waals surface area contributed by atoms with E-state index >= 15 is 0 Å². The van der Waals surface area contributed by atoms with Crippen molar-refractivity contribution in [1.29, 1.82) is 0 Å². The minimum absolute atomic E-state index is 0.235. The third-order valence-electron chi connectivity index (χ3n) is 8.04. The maximum atomic E-state index is 13.8. The summed E-state index contributed by atoms with van der Waals surface area (Å²) in [5.41, 5.74) is 6.66. The fourth-order valence-corrected chi connectivity index (χ4v) is 5.83. The minimum atomic E-state index is -0.235. The maximum Gasteiger partial charge on any atom is 0.123 e.